The van der Waals surface area contributed by atoms with E-state index in [2.05, 4.69) is 22.3 Å². The summed E-state index contributed by atoms with van der Waals surface area (Å²) in [5.41, 5.74) is 0.891. The molecule has 4 aromatic rings. The monoisotopic (exact) mass is 332 g/mol. The highest BCUT2D eigenvalue weighted by molar-refractivity contribution is 5.86. The van der Waals surface area contributed by atoms with E-state index in [1.807, 2.05) is 54.6 Å². The quantitative estimate of drug-likeness (QED) is 0.539. The normalized spacial score (nSPS) is 10.8. The first-order valence-electron chi connectivity index (χ1n) is 7.90. The summed E-state index contributed by atoms with van der Waals surface area (Å²) in [6.45, 7) is 0.239. The van der Waals surface area contributed by atoms with Crippen molar-refractivity contribution in [2.75, 3.05) is 7.11 Å². The van der Waals surface area contributed by atoms with Crippen LogP contribution in [-0.4, -0.2) is 17.3 Å². The maximum atomic E-state index is 5.67. The van der Waals surface area contributed by atoms with Gasteiger partial charge in [-0.25, -0.2) is 0 Å². The van der Waals surface area contributed by atoms with Crippen LogP contribution in [0.4, 0.5) is 0 Å². The van der Waals surface area contributed by atoms with Crippen molar-refractivity contribution in [1.82, 2.24) is 10.1 Å². The van der Waals surface area contributed by atoms with E-state index in [9.17, 15) is 0 Å². The minimum atomic E-state index is 0.239. The Balaban J connectivity index is 1.48. The van der Waals surface area contributed by atoms with Crippen molar-refractivity contribution in [2.45, 2.75) is 6.61 Å². The van der Waals surface area contributed by atoms with E-state index in [1.165, 1.54) is 5.39 Å². The Labute approximate surface area is 144 Å². The van der Waals surface area contributed by atoms with Gasteiger partial charge >= 0.3 is 0 Å². The Morgan fingerprint density at radius 2 is 1.64 bits per heavy atom. The van der Waals surface area contributed by atoms with Crippen LogP contribution in [0.25, 0.3) is 22.2 Å². The lowest BCUT2D eigenvalue weighted by Gasteiger charge is -2.04. The van der Waals surface area contributed by atoms with Gasteiger partial charge in [0.15, 0.2) is 6.61 Å². The van der Waals surface area contributed by atoms with Crippen molar-refractivity contribution in [3.63, 3.8) is 0 Å². The fourth-order valence-electron chi connectivity index (χ4n) is 2.57. The number of ether oxygens (including phenoxy) is 2. The van der Waals surface area contributed by atoms with Crippen LogP contribution in [0.15, 0.2) is 71.3 Å². The third-order valence-corrected chi connectivity index (χ3v) is 3.89. The summed E-state index contributed by atoms with van der Waals surface area (Å²) in [5, 5.41) is 6.29. The molecule has 0 saturated heterocycles. The number of aromatic nitrogens is 2. The van der Waals surface area contributed by atoms with Crippen molar-refractivity contribution in [3.05, 3.63) is 72.6 Å². The Kier molecular flexibility index (Phi) is 4.04. The van der Waals surface area contributed by atoms with Gasteiger partial charge in [0.2, 0.25) is 5.82 Å². The van der Waals surface area contributed by atoms with Crippen LogP contribution in [0, 0.1) is 0 Å². The number of benzene rings is 3. The minimum absolute atomic E-state index is 0.239. The third-order valence-electron chi connectivity index (χ3n) is 3.89. The van der Waals surface area contributed by atoms with Gasteiger partial charge in [0.25, 0.3) is 5.89 Å². The molecule has 5 nitrogen and oxygen atoms in total. The average Bonchev–Trinajstić information content (AvgIpc) is 3.15. The van der Waals surface area contributed by atoms with Crippen LogP contribution in [0.5, 0.6) is 11.5 Å². The fourth-order valence-corrected chi connectivity index (χ4v) is 2.57. The maximum Gasteiger partial charge on any atom is 0.258 e. The molecule has 1 aromatic heterocycles. The summed E-state index contributed by atoms with van der Waals surface area (Å²) in [4.78, 5) is 4.41. The van der Waals surface area contributed by atoms with Gasteiger partial charge in [0, 0.05) is 5.56 Å². The molecule has 0 bridgehead atoms. The molecule has 0 saturated carbocycles. The van der Waals surface area contributed by atoms with E-state index < -0.39 is 0 Å². The number of nitrogens with zero attached hydrogens (tertiary/aromatic N) is 2. The molecule has 0 spiro atoms. The SMILES string of the molecule is COc1ccc(OCc2noc(-c3ccc4ccccc4c3)n2)cc1. The number of rotatable bonds is 5. The van der Waals surface area contributed by atoms with Gasteiger partial charge in [-0.05, 0) is 47.2 Å². The molecule has 0 N–H and O–H groups in total. The number of methoxy groups -OCH3 is 1. The van der Waals surface area contributed by atoms with Crippen molar-refractivity contribution >= 4 is 10.8 Å². The smallest absolute Gasteiger partial charge is 0.258 e. The zero-order valence-corrected chi connectivity index (χ0v) is 13.7. The summed E-state index contributed by atoms with van der Waals surface area (Å²) in [5.74, 6) is 2.49. The molecule has 0 amide bonds. The van der Waals surface area contributed by atoms with E-state index in [-0.39, 0.29) is 6.61 Å². The molecule has 0 aliphatic rings. The number of hydrogen-bond donors (Lipinski definition) is 0. The molecule has 1 heterocycles. The van der Waals surface area contributed by atoms with Gasteiger partial charge in [-0.1, -0.05) is 35.5 Å². The van der Waals surface area contributed by atoms with E-state index >= 15 is 0 Å². The van der Waals surface area contributed by atoms with E-state index in [0.717, 1.165) is 22.4 Å². The second kappa shape index (κ2) is 6.65. The van der Waals surface area contributed by atoms with Crippen LogP contribution in [0.1, 0.15) is 5.82 Å². The van der Waals surface area contributed by atoms with Gasteiger partial charge in [0.1, 0.15) is 11.5 Å². The summed E-state index contributed by atoms with van der Waals surface area (Å²) < 4.78 is 16.2. The van der Waals surface area contributed by atoms with Crippen LogP contribution < -0.4 is 9.47 Å². The number of hydrogen-bond acceptors (Lipinski definition) is 5. The van der Waals surface area contributed by atoms with Gasteiger partial charge in [-0.2, -0.15) is 4.98 Å². The zero-order valence-electron chi connectivity index (χ0n) is 13.7. The first kappa shape index (κ1) is 15.2. The molecule has 0 aliphatic heterocycles. The van der Waals surface area contributed by atoms with E-state index in [1.54, 1.807) is 7.11 Å². The Hall–Kier alpha value is -3.34. The van der Waals surface area contributed by atoms with Gasteiger partial charge < -0.3 is 14.0 Å². The van der Waals surface area contributed by atoms with Gasteiger partial charge in [-0.15, -0.1) is 0 Å². The van der Waals surface area contributed by atoms with Gasteiger partial charge in [0.05, 0.1) is 7.11 Å². The second-order valence-corrected chi connectivity index (χ2v) is 5.54. The molecule has 0 unspecified atom stereocenters. The Morgan fingerprint density at radius 3 is 2.44 bits per heavy atom. The predicted molar refractivity (Wildman–Crippen MR) is 94.6 cm³/mol. The molecular formula is C20H16N2O3. The van der Waals surface area contributed by atoms with Crippen LogP contribution in [-0.2, 0) is 6.61 Å². The molecule has 0 atom stereocenters. The summed E-state index contributed by atoms with van der Waals surface area (Å²) >= 11 is 0. The highest BCUT2D eigenvalue weighted by atomic mass is 16.5. The largest absolute Gasteiger partial charge is 0.497 e. The standard InChI is InChI=1S/C20H16N2O3/c1-23-17-8-10-18(11-9-17)24-13-19-21-20(25-22-19)16-7-6-14-4-2-3-5-15(14)12-16/h2-12H,13H2,1H3. The summed E-state index contributed by atoms with van der Waals surface area (Å²) in [7, 11) is 1.63. The van der Waals surface area contributed by atoms with Crippen LogP contribution in [0.2, 0.25) is 0 Å². The predicted octanol–water partition coefficient (Wildman–Crippen LogP) is 4.48. The molecule has 4 rings (SSSR count). The average molecular weight is 332 g/mol. The van der Waals surface area contributed by atoms with Crippen LogP contribution in [0.3, 0.4) is 0 Å². The van der Waals surface area contributed by atoms with Crippen molar-refractivity contribution in [1.29, 1.82) is 0 Å². The highest BCUT2D eigenvalue weighted by Crippen LogP contribution is 2.23. The van der Waals surface area contributed by atoms with E-state index in [0.29, 0.717) is 11.7 Å². The third kappa shape index (κ3) is 3.30. The summed E-state index contributed by atoms with van der Waals surface area (Å²) in [6, 6.07) is 21.6. The van der Waals surface area contributed by atoms with Crippen molar-refractivity contribution < 1.29 is 14.0 Å². The van der Waals surface area contributed by atoms with Crippen molar-refractivity contribution in [2.24, 2.45) is 0 Å². The molecule has 0 aliphatic carbocycles. The minimum Gasteiger partial charge on any atom is -0.497 e. The van der Waals surface area contributed by atoms with Gasteiger partial charge in [-0.3, -0.25) is 0 Å². The first-order chi connectivity index (χ1) is 12.3. The molecular weight excluding hydrogens is 316 g/mol. The van der Waals surface area contributed by atoms with Crippen molar-refractivity contribution in [3.8, 4) is 23.0 Å². The molecule has 124 valence electrons. The summed E-state index contributed by atoms with van der Waals surface area (Å²) in [6.07, 6.45) is 0. The lowest BCUT2D eigenvalue weighted by Crippen LogP contribution is -1.97. The molecule has 0 radical (unpaired) electrons. The van der Waals surface area contributed by atoms with Crippen LogP contribution >= 0.6 is 0 Å². The first-order valence-corrected chi connectivity index (χ1v) is 7.90. The molecule has 25 heavy (non-hydrogen) atoms. The highest BCUT2D eigenvalue weighted by Gasteiger charge is 2.10. The van der Waals surface area contributed by atoms with E-state index in [4.69, 9.17) is 14.0 Å². The Morgan fingerprint density at radius 1 is 0.880 bits per heavy atom. The second-order valence-electron chi connectivity index (χ2n) is 5.54. The zero-order chi connectivity index (χ0) is 17.1. The lowest BCUT2D eigenvalue weighted by atomic mass is 10.1. The number of fused-ring (bicyclic) bond motifs is 1. The molecule has 0 fully saturated rings. The fraction of sp³-hybridized carbons (Fsp3) is 0.100. The lowest BCUT2D eigenvalue weighted by molar-refractivity contribution is 0.286. The molecule has 3 aromatic carbocycles. The Bertz CT molecular complexity index is 993. The maximum absolute atomic E-state index is 5.67. The molecule has 5 heteroatoms. The topological polar surface area (TPSA) is 57.4 Å².